The number of hydrogen-bond donors (Lipinski definition) is 0. The summed E-state index contributed by atoms with van der Waals surface area (Å²) >= 11 is 1.37. The summed E-state index contributed by atoms with van der Waals surface area (Å²) in [5, 5.41) is 2.34. The zero-order valence-corrected chi connectivity index (χ0v) is 15.7. The largest absolute Gasteiger partial charge is 0.341 e. The number of nitrogens with zero attached hydrogens (tertiary/aromatic N) is 3. The SMILES string of the molecule is O=C(Cn1cnc2scc(-c3ccc(F)cc3)c2c1=O)N1CCCCCC1. The van der Waals surface area contributed by atoms with E-state index in [1.807, 2.05) is 10.3 Å². The molecule has 1 amide bonds. The van der Waals surface area contributed by atoms with E-state index in [2.05, 4.69) is 4.98 Å². The average molecular weight is 385 g/mol. The lowest BCUT2D eigenvalue weighted by atomic mass is 10.1. The number of likely N-dealkylation sites (tertiary alicyclic amines) is 1. The molecular formula is C20H20FN3O2S. The number of fused-ring (bicyclic) bond motifs is 1. The summed E-state index contributed by atoms with van der Waals surface area (Å²) in [5.74, 6) is -0.365. The van der Waals surface area contributed by atoms with Gasteiger partial charge in [-0.25, -0.2) is 9.37 Å². The van der Waals surface area contributed by atoms with Gasteiger partial charge in [-0.15, -0.1) is 11.3 Å². The van der Waals surface area contributed by atoms with Gasteiger partial charge in [-0.3, -0.25) is 14.2 Å². The number of halogens is 1. The zero-order chi connectivity index (χ0) is 18.8. The quantitative estimate of drug-likeness (QED) is 0.691. The molecule has 0 aliphatic carbocycles. The third-order valence-corrected chi connectivity index (χ3v) is 5.87. The fraction of sp³-hybridized carbons (Fsp3) is 0.350. The molecule has 7 heteroatoms. The van der Waals surface area contributed by atoms with Crippen LogP contribution in [0.5, 0.6) is 0 Å². The third-order valence-electron chi connectivity index (χ3n) is 4.98. The molecule has 3 aromatic rings. The van der Waals surface area contributed by atoms with Crippen molar-refractivity contribution in [3.8, 4) is 11.1 Å². The molecule has 1 aliphatic rings. The predicted molar refractivity (Wildman–Crippen MR) is 104 cm³/mol. The van der Waals surface area contributed by atoms with Crippen molar-refractivity contribution in [1.29, 1.82) is 0 Å². The minimum absolute atomic E-state index is 0.000474. The molecule has 3 heterocycles. The van der Waals surface area contributed by atoms with Crippen LogP contribution in [0.4, 0.5) is 4.39 Å². The monoisotopic (exact) mass is 385 g/mol. The number of thiophene rings is 1. The van der Waals surface area contributed by atoms with E-state index in [1.165, 1.54) is 34.4 Å². The Morgan fingerprint density at radius 1 is 1.11 bits per heavy atom. The molecule has 140 valence electrons. The van der Waals surface area contributed by atoms with Gasteiger partial charge in [-0.1, -0.05) is 25.0 Å². The Morgan fingerprint density at radius 3 is 2.52 bits per heavy atom. The fourth-order valence-electron chi connectivity index (χ4n) is 3.49. The second-order valence-corrected chi connectivity index (χ2v) is 7.67. The lowest BCUT2D eigenvalue weighted by Crippen LogP contribution is -2.37. The number of carbonyl (C=O) groups excluding carboxylic acids is 1. The van der Waals surface area contributed by atoms with Crippen LogP contribution in [0.1, 0.15) is 25.7 Å². The van der Waals surface area contributed by atoms with Crippen LogP contribution < -0.4 is 5.56 Å². The van der Waals surface area contributed by atoms with Gasteiger partial charge < -0.3 is 4.90 Å². The van der Waals surface area contributed by atoms with E-state index in [-0.39, 0.29) is 23.8 Å². The molecule has 1 aromatic carbocycles. The number of benzene rings is 1. The van der Waals surface area contributed by atoms with Crippen LogP contribution in [0.2, 0.25) is 0 Å². The highest BCUT2D eigenvalue weighted by molar-refractivity contribution is 7.17. The average Bonchev–Trinajstić information content (AvgIpc) is 2.91. The van der Waals surface area contributed by atoms with Crippen molar-refractivity contribution in [3.05, 3.63) is 52.1 Å². The van der Waals surface area contributed by atoms with Gasteiger partial charge >= 0.3 is 0 Å². The zero-order valence-electron chi connectivity index (χ0n) is 14.9. The maximum Gasteiger partial charge on any atom is 0.263 e. The van der Waals surface area contributed by atoms with Crippen LogP contribution >= 0.6 is 11.3 Å². The molecule has 1 saturated heterocycles. The van der Waals surface area contributed by atoms with Crippen molar-refractivity contribution in [2.45, 2.75) is 32.2 Å². The highest BCUT2D eigenvalue weighted by atomic mass is 32.1. The number of amides is 1. The topological polar surface area (TPSA) is 55.2 Å². The summed E-state index contributed by atoms with van der Waals surface area (Å²) in [4.78, 5) is 32.5. The summed E-state index contributed by atoms with van der Waals surface area (Å²) in [6.07, 6.45) is 5.76. The predicted octanol–water partition coefficient (Wildman–Crippen LogP) is 3.67. The van der Waals surface area contributed by atoms with Crippen molar-refractivity contribution in [2.75, 3.05) is 13.1 Å². The number of aromatic nitrogens is 2. The normalized spacial score (nSPS) is 15.1. The molecule has 4 rings (SSSR count). The Balaban J connectivity index is 1.67. The number of hydrogen-bond acceptors (Lipinski definition) is 4. The molecule has 27 heavy (non-hydrogen) atoms. The van der Waals surface area contributed by atoms with E-state index in [1.54, 1.807) is 12.1 Å². The molecule has 2 aromatic heterocycles. The van der Waals surface area contributed by atoms with Gasteiger partial charge in [-0.2, -0.15) is 0 Å². The first kappa shape index (κ1) is 17.9. The highest BCUT2D eigenvalue weighted by Gasteiger charge is 2.18. The van der Waals surface area contributed by atoms with E-state index < -0.39 is 0 Å². The van der Waals surface area contributed by atoms with Crippen LogP contribution in [0, 0.1) is 5.82 Å². The van der Waals surface area contributed by atoms with Gasteiger partial charge in [0, 0.05) is 24.0 Å². The van der Waals surface area contributed by atoms with Crippen LogP contribution in [0.15, 0.2) is 40.8 Å². The first-order chi connectivity index (χ1) is 13.1. The molecule has 0 N–H and O–H groups in total. The molecular weight excluding hydrogens is 365 g/mol. The lowest BCUT2D eigenvalue weighted by Gasteiger charge is -2.20. The van der Waals surface area contributed by atoms with E-state index in [0.717, 1.165) is 49.9 Å². The Kier molecular flexibility index (Phi) is 5.03. The first-order valence-corrected chi connectivity index (χ1v) is 10.0. The molecule has 1 fully saturated rings. The minimum Gasteiger partial charge on any atom is -0.341 e. The Labute approximate surface area is 160 Å². The summed E-state index contributed by atoms with van der Waals surface area (Å²) < 4.78 is 14.6. The van der Waals surface area contributed by atoms with Crippen molar-refractivity contribution >= 4 is 27.5 Å². The molecule has 0 spiro atoms. The van der Waals surface area contributed by atoms with Crippen molar-refractivity contribution in [2.24, 2.45) is 0 Å². The summed E-state index contributed by atoms with van der Waals surface area (Å²) in [6.45, 7) is 1.51. The van der Waals surface area contributed by atoms with Gasteiger partial charge in [0.05, 0.1) is 11.7 Å². The first-order valence-electron chi connectivity index (χ1n) is 9.14. The molecule has 0 bridgehead atoms. The van der Waals surface area contributed by atoms with E-state index in [4.69, 9.17) is 0 Å². The Bertz CT molecular complexity index is 1020. The summed E-state index contributed by atoms with van der Waals surface area (Å²) in [6, 6.07) is 6.04. The van der Waals surface area contributed by atoms with Gasteiger partial charge in [0.1, 0.15) is 17.2 Å². The van der Waals surface area contributed by atoms with Crippen molar-refractivity contribution in [3.63, 3.8) is 0 Å². The summed E-state index contributed by atoms with van der Waals surface area (Å²) in [5.41, 5.74) is 1.26. The maximum atomic E-state index is 13.2. The van der Waals surface area contributed by atoms with Crippen LogP contribution in [-0.4, -0.2) is 33.4 Å². The van der Waals surface area contributed by atoms with Gasteiger partial charge in [0.25, 0.3) is 5.56 Å². The lowest BCUT2D eigenvalue weighted by molar-refractivity contribution is -0.131. The maximum absolute atomic E-state index is 13.2. The highest BCUT2D eigenvalue weighted by Crippen LogP contribution is 2.30. The second-order valence-electron chi connectivity index (χ2n) is 6.81. The van der Waals surface area contributed by atoms with Gasteiger partial charge in [-0.05, 0) is 30.5 Å². The minimum atomic E-state index is -0.322. The molecule has 0 saturated carbocycles. The van der Waals surface area contributed by atoms with Crippen LogP contribution in [0.25, 0.3) is 21.3 Å². The van der Waals surface area contributed by atoms with Crippen LogP contribution in [-0.2, 0) is 11.3 Å². The van der Waals surface area contributed by atoms with Crippen molar-refractivity contribution < 1.29 is 9.18 Å². The Morgan fingerprint density at radius 2 is 1.81 bits per heavy atom. The standard InChI is InChI=1S/C20H20FN3O2S/c21-15-7-5-14(6-8-15)16-12-27-19-18(16)20(26)24(13-22-19)11-17(25)23-9-3-1-2-4-10-23/h5-8,12-13H,1-4,9-11H2. The smallest absolute Gasteiger partial charge is 0.263 e. The fourth-order valence-corrected chi connectivity index (χ4v) is 4.39. The number of rotatable bonds is 3. The third kappa shape index (κ3) is 3.64. The molecule has 0 radical (unpaired) electrons. The molecule has 0 atom stereocenters. The van der Waals surface area contributed by atoms with Gasteiger partial charge in [0.2, 0.25) is 5.91 Å². The van der Waals surface area contributed by atoms with Crippen LogP contribution in [0.3, 0.4) is 0 Å². The Hall–Kier alpha value is -2.54. The van der Waals surface area contributed by atoms with E-state index in [9.17, 15) is 14.0 Å². The molecule has 0 unspecified atom stereocenters. The molecule has 1 aliphatic heterocycles. The molecule has 5 nitrogen and oxygen atoms in total. The summed E-state index contributed by atoms with van der Waals surface area (Å²) in [7, 11) is 0. The number of carbonyl (C=O) groups is 1. The second kappa shape index (κ2) is 7.60. The van der Waals surface area contributed by atoms with Gasteiger partial charge in [0.15, 0.2) is 0 Å². The van der Waals surface area contributed by atoms with E-state index in [0.29, 0.717) is 10.2 Å². The van der Waals surface area contributed by atoms with Crippen molar-refractivity contribution in [1.82, 2.24) is 14.5 Å². The van der Waals surface area contributed by atoms with E-state index >= 15 is 0 Å².